The van der Waals surface area contributed by atoms with Crippen LogP contribution in [0.2, 0.25) is 0 Å². The maximum atomic E-state index is 13.4. The summed E-state index contributed by atoms with van der Waals surface area (Å²) in [6, 6.07) is 10.9. The van der Waals surface area contributed by atoms with E-state index >= 15 is 0 Å². The Labute approximate surface area is 114 Å². The number of carbonyl (C=O) groups is 1. The predicted octanol–water partition coefficient (Wildman–Crippen LogP) is 2.65. The third-order valence-corrected chi connectivity index (χ3v) is 3.43. The lowest BCUT2D eigenvalue weighted by Crippen LogP contribution is -2.27. The van der Waals surface area contributed by atoms with Crippen LogP contribution in [0.1, 0.15) is 28.3 Å². The Kier molecular flexibility index (Phi) is 3.18. The molecule has 20 heavy (non-hydrogen) atoms. The quantitative estimate of drug-likeness (QED) is 0.874. The van der Waals surface area contributed by atoms with Gasteiger partial charge in [-0.2, -0.15) is 4.39 Å². The molecule has 0 spiro atoms. The van der Waals surface area contributed by atoms with Gasteiger partial charge in [-0.1, -0.05) is 30.3 Å². The second-order valence-corrected chi connectivity index (χ2v) is 4.80. The van der Waals surface area contributed by atoms with Gasteiger partial charge in [0.2, 0.25) is 5.95 Å². The molecule has 0 saturated heterocycles. The number of benzene rings is 1. The molecule has 2 atom stereocenters. The fourth-order valence-corrected chi connectivity index (χ4v) is 2.26. The van der Waals surface area contributed by atoms with Gasteiger partial charge >= 0.3 is 0 Å². The van der Waals surface area contributed by atoms with Gasteiger partial charge in [0, 0.05) is 18.2 Å². The molecule has 1 N–H and O–H groups in total. The Balaban J connectivity index is 1.68. The van der Waals surface area contributed by atoms with E-state index in [-0.39, 0.29) is 17.5 Å². The van der Waals surface area contributed by atoms with Crippen LogP contribution in [-0.4, -0.2) is 16.9 Å². The fourth-order valence-electron chi connectivity index (χ4n) is 2.26. The molecule has 1 saturated carbocycles. The van der Waals surface area contributed by atoms with Crippen molar-refractivity contribution in [2.45, 2.75) is 18.4 Å². The first-order valence-electron chi connectivity index (χ1n) is 6.32. The molecule has 2 aromatic rings. The topological polar surface area (TPSA) is 42.0 Å². The van der Waals surface area contributed by atoms with E-state index in [0.717, 1.165) is 18.2 Å². The largest absolute Gasteiger partial charge is 0.349 e. The van der Waals surface area contributed by atoms with Crippen molar-refractivity contribution in [3.63, 3.8) is 0 Å². The molecule has 102 valence electrons. The van der Waals surface area contributed by atoms with Gasteiger partial charge in [-0.15, -0.1) is 0 Å². The Morgan fingerprint density at radius 1 is 1.20 bits per heavy atom. The van der Waals surface area contributed by atoms with Crippen molar-refractivity contribution in [1.82, 2.24) is 10.3 Å². The van der Waals surface area contributed by atoms with Crippen molar-refractivity contribution in [3.05, 3.63) is 65.5 Å². The first kappa shape index (κ1) is 12.7. The molecule has 3 rings (SSSR count). The Morgan fingerprint density at radius 2 is 1.95 bits per heavy atom. The van der Waals surface area contributed by atoms with Crippen molar-refractivity contribution >= 4 is 5.91 Å². The first-order chi connectivity index (χ1) is 9.66. The summed E-state index contributed by atoms with van der Waals surface area (Å²) in [4.78, 5) is 15.1. The number of amides is 1. The lowest BCUT2D eigenvalue weighted by atomic mass is 10.1. The molecule has 1 heterocycles. The van der Waals surface area contributed by atoms with Crippen molar-refractivity contribution in [1.29, 1.82) is 0 Å². The van der Waals surface area contributed by atoms with Crippen LogP contribution in [0.3, 0.4) is 0 Å². The summed E-state index contributed by atoms with van der Waals surface area (Å²) in [6.07, 6.45) is 1.89. The lowest BCUT2D eigenvalue weighted by Gasteiger charge is -2.06. The predicted molar refractivity (Wildman–Crippen MR) is 69.2 cm³/mol. The Bertz CT molecular complexity index is 646. The van der Waals surface area contributed by atoms with E-state index in [1.165, 1.54) is 6.07 Å². The summed E-state index contributed by atoms with van der Waals surface area (Å²) in [6.45, 7) is 0. The van der Waals surface area contributed by atoms with Crippen LogP contribution in [-0.2, 0) is 0 Å². The molecule has 3 nitrogen and oxygen atoms in total. The van der Waals surface area contributed by atoms with Gasteiger partial charge in [0.1, 0.15) is 0 Å². The Morgan fingerprint density at radius 3 is 2.70 bits per heavy atom. The van der Waals surface area contributed by atoms with Crippen LogP contribution in [0.5, 0.6) is 0 Å². The van der Waals surface area contributed by atoms with Crippen LogP contribution in [0.4, 0.5) is 8.78 Å². The Hall–Kier alpha value is -2.30. The van der Waals surface area contributed by atoms with Gasteiger partial charge in [0.25, 0.3) is 5.91 Å². The molecule has 5 heteroatoms. The van der Waals surface area contributed by atoms with E-state index in [9.17, 15) is 13.6 Å². The smallest absolute Gasteiger partial charge is 0.254 e. The van der Waals surface area contributed by atoms with Gasteiger partial charge in [-0.25, -0.2) is 9.37 Å². The van der Waals surface area contributed by atoms with Crippen molar-refractivity contribution < 1.29 is 13.6 Å². The minimum atomic E-state index is -1.26. The van der Waals surface area contributed by atoms with Crippen molar-refractivity contribution in [3.8, 4) is 0 Å². The first-order valence-corrected chi connectivity index (χ1v) is 6.32. The highest BCUT2D eigenvalue weighted by atomic mass is 19.2. The number of rotatable bonds is 3. The molecule has 1 aliphatic rings. The molecule has 0 bridgehead atoms. The zero-order chi connectivity index (χ0) is 14.1. The maximum Gasteiger partial charge on any atom is 0.254 e. The monoisotopic (exact) mass is 274 g/mol. The van der Waals surface area contributed by atoms with E-state index < -0.39 is 17.7 Å². The van der Waals surface area contributed by atoms with Crippen LogP contribution < -0.4 is 5.32 Å². The minimum Gasteiger partial charge on any atom is -0.349 e. The van der Waals surface area contributed by atoms with Gasteiger partial charge in [0.05, 0.1) is 5.56 Å². The van der Waals surface area contributed by atoms with Crippen molar-refractivity contribution in [2.24, 2.45) is 0 Å². The van der Waals surface area contributed by atoms with E-state index in [0.29, 0.717) is 0 Å². The normalized spacial score (nSPS) is 20.5. The number of hydrogen-bond acceptors (Lipinski definition) is 2. The third-order valence-electron chi connectivity index (χ3n) is 3.43. The highest BCUT2D eigenvalue weighted by Crippen LogP contribution is 2.40. The number of nitrogens with one attached hydrogen (secondary N) is 1. The zero-order valence-electron chi connectivity index (χ0n) is 10.5. The van der Waals surface area contributed by atoms with Gasteiger partial charge < -0.3 is 5.32 Å². The minimum absolute atomic E-state index is 0.0273. The summed E-state index contributed by atoms with van der Waals surface area (Å²) >= 11 is 0. The summed E-state index contributed by atoms with van der Waals surface area (Å²) in [5, 5.41) is 2.71. The summed E-state index contributed by atoms with van der Waals surface area (Å²) in [7, 11) is 0. The second-order valence-electron chi connectivity index (χ2n) is 4.80. The average Bonchev–Trinajstić information content (AvgIpc) is 3.22. The van der Waals surface area contributed by atoms with E-state index in [2.05, 4.69) is 10.3 Å². The van der Waals surface area contributed by atoms with Crippen LogP contribution in [0, 0.1) is 11.8 Å². The molecular weight excluding hydrogens is 262 g/mol. The summed E-state index contributed by atoms with van der Waals surface area (Å²) in [5.74, 6) is -2.82. The summed E-state index contributed by atoms with van der Waals surface area (Å²) in [5.41, 5.74) is 0.829. The van der Waals surface area contributed by atoms with E-state index in [4.69, 9.17) is 0 Å². The molecule has 2 unspecified atom stereocenters. The van der Waals surface area contributed by atoms with Crippen molar-refractivity contribution in [2.75, 3.05) is 0 Å². The zero-order valence-corrected chi connectivity index (χ0v) is 10.5. The highest BCUT2D eigenvalue weighted by molar-refractivity contribution is 5.94. The molecule has 1 aromatic heterocycles. The molecule has 0 aliphatic heterocycles. The molecule has 0 radical (unpaired) electrons. The van der Waals surface area contributed by atoms with Crippen LogP contribution >= 0.6 is 0 Å². The van der Waals surface area contributed by atoms with Crippen LogP contribution in [0.25, 0.3) is 0 Å². The number of aromatic nitrogens is 1. The lowest BCUT2D eigenvalue weighted by molar-refractivity contribution is 0.0945. The molecule has 1 aliphatic carbocycles. The number of halogens is 2. The maximum absolute atomic E-state index is 13.4. The van der Waals surface area contributed by atoms with E-state index in [1.807, 2.05) is 30.3 Å². The number of pyridine rings is 1. The molecular formula is C15H12F2N2O. The molecule has 1 fully saturated rings. The van der Waals surface area contributed by atoms with Gasteiger partial charge in [0.15, 0.2) is 5.82 Å². The van der Waals surface area contributed by atoms with E-state index in [1.54, 1.807) is 0 Å². The third kappa shape index (κ3) is 2.39. The average molecular weight is 274 g/mol. The summed E-state index contributed by atoms with van der Waals surface area (Å²) < 4.78 is 26.4. The number of nitrogens with zero attached hydrogens (tertiary/aromatic N) is 1. The molecule has 1 aromatic carbocycles. The SMILES string of the molecule is O=C(NC1CC1c1ccccc1)c1ccnc(F)c1F. The fraction of sp³-hybridized carbons (Fsp3) is 0.200. The highest BCUT2D eigenvalue weighted by Gasteiger charge is 2.39. The number of hydrogen-bond donors (Lipinski definition) is 1. The van der Waals surface area contributed by atoms with Gasteiger partial charge in [-0.3, -0.25) is 4.79 Å². The standard InChI is InChI=1S/C15H12F2N2O/c16-13-10(6-7-18-14(13)17)15(20)19-12-8-11(12)9-4-2-1-3-5-9/h1-7,11-12H,8H2,(H,19,20). The second kappa shape index (κ2) is 5.00. The van der Waals surface area contributed by atoms with Gasteiger partial charge in [-0.05, 0) is 18.1 Å². The van der Waals surface area contributed by atoms with Crippen LogP contribution in [0.15, 0.2) is 42.6 Å². The molecule has 1 amide bonds. The number of carbonyl (C=O) groups excluding carboxylic acids is 1.